The molecule has 122 valence electrons. The van der Waals surface area contributed by atoms with Crippen molar-refractivity contribution in [2.75, 3.05) is 5.73 Å². The van der Waals surface area contributed by atoms with E-state index in [-0.39, 0.29) is 11.1 Å². The molecule has 0 saturated heterocycles. The Hall–Kier alpha value is -2.89. The van der Waals surface area contributed by atoms with Gasteiger partial charge in [-0.2, -0.15) is 5.10 Å². The van der Waals surface area contributed by atoms with E-state index < -0.39 is 34.4 Å². The van der Waals surface area contributed by atoms with Crippen molar-refractivity contribution in [3.8, 4) is 11.1 Å². The number of nitrogens with one attached hydrogen (secondary N) is 2. The van der Waals surface area contributed by atoms with Gasteiger partial charge in [0.1, 0.15) is 20.6 Å². The number of aromatic nitrogens is 3. The number of rotatable bonds is 3. The molecule has 0 aliphatic heterocycles. The first-order chi connectivity index (χ1) is 11.3. The molecule has 0 saturated carbocycles. The van der Waals surface area contributed by atoms with E-state index in [1.165, 1.54) is 12.1 Å². The minimum absolute atomic E-state index is 0.220. The van der Waals surface area contributed by atoms with E-state index in [0.717, 1.165) is 9.09 Å². The van der Waals surface area contributed by atoms with E-state index in [4.69, 9.17) is 5.73 Å². The molecule has 3 aromatic rings. The van der Waals surface area contributed by atoms with Gasteiger partial charge in [0.15, 0.2) is 0 Å². The first-order valence-corrected chi connectivity index (χ1v) is 7.55. The Morgan fingerprint density at radius 3 is 2.46 bits per heavy atom. The van der Waals surface area contributed by atoms with Crippen LogP contribution in [0.25, 0.3) is 22.0 Å². The lowest BCUT2D eigenvalue weighted by atomic mass is 9.95. The van der Waals surface area contributed by atoms with E-state index >= 15 is 0 Å². The largest absolute Gasteiger partial charge is 0.478 e. The molecule has 24 heavy (non-hydrogen) atoms. The highest BCUT2D eigenvalue weighted by Crippen LogP contribution is 2.31. The number of hydrogen-bond acceptors (Lipinski definition) is 5. The van der Waals surface area contributed by atoms with Gasteiger partial charge in [-0.25, -0.2) is 9.59 Å². The molecule has 10 heteroatoms. The Bertz CT molecular complexity index is 1070. The van der Waals surface area contributed by atoms with Gasteiger partial charge < -0.3 is 20.9 Å². The third kappa shape index (κ3) is 2.40. The van der Waals surface area contributed by atoms with Crippen LogP contribution in [0.2, 0.25) is 0 Å². The SMILES string of the molecule is Nc1[nH]c(=O)c(C(=O)O)c(-c2ccc3c(I)[nH]nc3c2)c1C(=O)O. The molecule has 0 fully saturated rings. The number of carbonyl (C=O) groups is 2. The van der Waals surface area contributed by atoms with E-state index in [9.17, 15) is 24.6 Å². The molecule has 0 aliphatic carbocycles. The summed E-state index contributed by atoms with van der Waals surface area (Å²) >= 11 is 2.04. The molecule has 0 bridgehead atoms. The fourth-order valence-corrected chi connectivity index (χ4v) is 3.05. The molecule has 0 aliphatic rings. The number of nitrogens with zero attached hydrogens (tertiary/aromatic N) is 1. The molecule has 6 N–H and O–H groups in total. The molecule has 0 atom stereocenters. The number of halogens is 1. The van der Waals surface area contributed by atoms with Crippen LogP contribution in [-0.2, 0) is 0 Å². The number of aromatic amines is 2. The highest BCUT2D eigenvalue weighted by molar-refractivity contribution is 14.1. The van der Waals surface area contributed by atoms with Gasteiger partial charge in [-0.1, -0.05) is 6.07 Å². The Kier molecular flexibility index (Phi) is 3.75. The van der Waals surface area contributed by atoms with E-state index in [2.05, 4.69) is 15.2 Å². The van der Waals surface area contributed by atoms with Crippen molar-refractivity contribution in [3.63, 3.8) is 0 Å². The van der Waals surface area contributed by atoms with Gasteiger partial charge >= 0.3 is 11.9 Å². The fourth-order valence-electron chi connectivity index (χ4n) is 2.47. The maximum atomic E-state index is 12.0. The number of carboxylic acids is 2. The van der Waals surface area contributed by atoms with Crippen LogP contribution in [0.4, 0.5) is 5.82 Å². The highest BCUT2D eigenvalue weighted by atomic mass is 127. The number of aromatic carboxylic acids is 2. The van der Waals surface area contributed by atoms with Gasteiger partial charge in [0.05, 0.1) is 5.52 Å². The molecule has 2 heterocycles. The normalized spacial score (nSPS) is 10.9. The number of nitrogen functional groups attached to an aromatic ring is 1. The third-order valence-electron chi connectivity index (χ3n) is 3.47. The van der Waals surface area contributed by atoms with Crippen LogP contribution in [0.3, 0.4) is 0 Å². The second kappa shape index (κ2) is 5.63. The minimum atomic E-state index is -1.55. The molecule has 3 rings (SSSR count). The molecule has 9 nitrogen and oxygen atoms in total. The average Bonchev–Trinajstić information content (AvgIpc) is 2.86. The molecule has 0 amide bonds. The summed E-state index contributed by atoms with van der Waals surface area (Å²) in [4.78, 5) is 37.1. The molecule has 0 unspecified atom stereocenters. The van der Waals surface area contributed by atoms with Crippen molar-refractivity contribution >= 4 is 51.3 Å². The summed E-state index contributed by atoms with van der Waals surface area (Å²) in [6, 6.07) is 4.68. The topological polar surface area (TPSA) is 162 Å². The number of fused-ring (bicyclic) bond motifs is 1. The first-order valence-electron chi connectivity index (χ1n) is 6.47. The second-order valence-corrected chi connectivity index (χ2v) is 5.95. The molecule has 0 spiro atoms. The van der Waals surface area contributed by atoms with Gasteiger partial charge in [-0.05, 0) is 40.3 Å². The Morgan fingerprint density at radius 1 is 1.17 bits per heavy atom. The smallest absolute Gasteiger partial charge is 0.342 e. The Labute approximate surface area is 146 Å². The van der Waals surface area contributed by atoms with E-state index in [1.54, 1.807) is 6.07 Å². The Balaban J connectivity index is 2.45. The van der Waals surface area contributed by atoms with Gasteiger partial charge in [0.25, 0.3) is 5.56 Å². The molecule has 2 aromatic heterocycles. The zero-order valence-corrected chi connectivity index (χ0v) is 13.9. The summed E-state index contributed by atoms with van der Waals surface area (Å²) < 4.78 is 0.775. The minimum Gasteiger partial charge on any atom is -0.478 e. The predicted molar refractivity (Wildman–Crippen MR) is 93.2 cm³/mol. The van der Waals surface area contributed by atoms with Crippen molar-refractivity contribution in [2.45, 2.75) is 0 Å². The zero-order valence-electron chi connectivity index (χ0n) is 11.8. The lowest BCUT2D eigenvalue weighted by Crippen LogP contribution is -2.24. The second-order valence-electron chi connectivity index (χ2n) is 4.87. The van der Waals surface area contributed by atoms with Gasteiger partial charge in [0, 0.05) is 10.9 Å². The van der Waals surface area contributed by atoms with E-state index in [0.29, 0.717) is 5.52 Å². The maximum absolute atomic E-state index is 12.0. The van der Waals surface area contributed by atoms with Crippen LogP contribution in [0.15, 0.2) is 23.0 Å². The number of hydrogen-bond donors (Lipinski definition) is 5. The van der Waals surface area contributed by atoms with Crippen LogP contribution >= 0.6 is 22.6 Å². The van der Waals surface area contributed by atoms with Crippen molar-refractivity contribution in [1.29, 1.82) is 0 Å². The molecule has 1 aromatic carbocycles. The van der Waals surface area contributed by atoms with Crippen molar-refractivity contribution in [3.05, 3.63) is 43.4 Å². The quantitative estimate of drug-likeness (QED) is 0.386. The summed E-state index contributed by atoms with van der Waals surface area (Å²) in [6.07, 6.45) is 0. The summed E-state index contributed by atoms with van der Waals surface area (Å²) in [5, 5.41) is 26.4. The summed E-state index contributed by atoms with van der Waals surface area (Å²) in [5.41, 5.74) is 3.92. The average molecular weight is 440 g/mol. The van der Waals surface area contributed by atoms with Gasteiger partial charge in [-0.3, -0.25) is 9.89 Å². The van der Waals surface area contributed by atoms with Crippen LogP contribution in [0, 0.1) is 3.70 Å². The van der Waals surface area contributed by atoms with Gasteiger partial charge in [-0.15, -0.1) is 0 Å². The number of anilines is 1. The third-order valence-corrected chi connectivity index (χ3v) is 4.29. The molecule has 0 radical (unpaired) electrons. The van der Waals surface area contributed by atoms with Crippen LogP contribution in [0.5, 0.6) is 0 Å². The zero-order chi connectivity index (χ0) is 17.6. The number of benzene rings is 1. The lowest BCUT2D eigenvalue weighted by molar-refractivity contribution is 0.0695. The molecular formula is C14H9IN4O5. The standard InChI is InChI=1S/C14H9IN4O5/c15-10-5-2-1-4(3-6(5)18-19-10)7-8(13(21)22)11(16)17-12(20)9(7)14(23)24/h1-3H,(H,18,19)(H,21,22)(H,23,24)(H3,16,17,20). The summed E-state index contributed by atoms with van der Waals surface area (Å²) in [6.45, 7) is 0. The van der Waals surface area contributed by atoms with Crippen LogP contribution in [0.1, 0.15) is 20.7 Å². The monoisotopic (exact) mass is 440 g/mol. The summed E-state index contributed by atoms with van der Waals surface area (Å²) in [7, 11) is 0. The number of carboxylic acid groups (broad SMARTS) is 2. The van der Waals surface area contributed by atoms with Crippen molar-refractivity contribution in [1.82, 2.24) is 15.2 Å². The van der Waals surface area contributed by atoms with Gasteiger partial charge in [0.2, 0.25) is 0 Å². The number of pyridine rings is 1. The summed E-state index contributed by atoms with van der Waals surface area (Å²) in [5.74, 6) is -3.41. The molecular weight excluding hydrogens is 431 g/mol. The van der Waals surface area contributed by atoms with Crippen LogP contribution in [-0.4, -0.2) is 37.3 Å². The fraction of sp³-hybridized carbons (Fsp3) is 0. The highest BCUT2D eigenvalue weighted by Gasteiger charge is 2.26. The number of H-pyrrole nitrogens is 2. The lowest BCUT2D eigenvalue weighted by Gasteiger charge is -2.12. The van der Waals surface area contributed by atoms with Crippen molar-refractivity contribution in [2.24, 2.45) is 0 Å². The maximum Gasteiger partial charge on any atom is 0.342 e. The number of nitrogens with two attached hydrogens (primary N) is 1. The van der Waals surface area contributed by atoms with Crippen LogP contribution < -0.4 is 11.3 Å². The Morgan fingerprint density at radius 2 is 1.83 bits per heavy atom. The van der Waals surface area contributed by atoms with E-state index in [1.807, 2.05) is 22.6 Å². The first kappa shape index (κ1) is 16.0. The van der Waals surface area contributed by atoms with Crippen molar-refractivity contribution < 1.29 is 19.8 Å². The predicted octanol–water partition coefficient (Wildman–Crippen LogP) is 1.50.